The fraction of sp³-hybridized carbons (Fsp3) is 0.200. The molecule has 1 aromatic heterocycles. The molecular weight excluding hydrogens is 180 g/mol. The minimum Gasteiger partial charge on any atom is -0.143 e. The Morgan fingerprint density at radius 2 is 2.00 bits per heavy atom. The van der Waals surface area contributed by atoms with Crippen molar-refractivity contribution in [1.82, 2.24) is 9.59 Å². The van der Waals surface area contributed by atoms with Crippen LogP contribution < -0.4 is 0 Å². The molecule has 0 aliphatic carbocycles. The summed E-state index contributed by atoms with van der Waals surface area (Å²) in [4.78, 5) is 1.26. The van der Waals surface area contributed by atoms with E-state index in [0.717, 1.165) is 12.1 Å². The van der Waals surface area contributed by atoms with E-state index < -0.39 is 0 Å². The van der Waals surface area contributed by atoms with Crippen LogP contribution >= 0.6 is 11.5 Å². The average molecular weight is 190 g/mol. The van der Waals surface area contributed by atoms with Gasteiger partial charge in [-0.3, -0.25) is 0 Å². The Balaban J connectivity index is 2.20. The molecule has 0 amide bonds. The first-order valence-electron chi connectivity index (χ1n) is 4.18. The fourth-order valence-corrected chi connectivity index (χ4v) is 1.86. The minimum absolute atomic E-state index is 0.949. The van der Waals surface area contributed by atoms with Crippen molar-refractivity contribution < 1.29 is 0 Å². The maximum Gasteiger partial charge on any atom is 0.0760 e. The van der Waals surface area contributed by atoms with Gasteiger partial charge in [-0.1, -0.05) is 34.8 Å². The van der Waals surface area contributed by atoms with Gasteiger partial charge in [0.1, 0.15) is 0 Å². The second-order valence-corrected chi connectivity index (χ2v) is 3.78. The molecule has 1 aromatic carbocycles. The van der Waals surface area contributed by atoms with Crippen LogP contribution in [0.15, 0.2) is 30.3 Å². The monoisotopic (exact) mass is 190 g/mol. The Labute approximate surface area is 81.4 Å². The molecule has 0 unspecified atom stereocenters. The molecule has 0 atom stereocenters. The third-order valence-electron chi connectivity index (χ3n) is 1.95. The summed E-state index contributed by atoms with van der Waals surface area (Å²) in [6, 6.07) is 10.4. The molecule has 13 heavy (non-hydrogen) atoms. The summed E-state index contributed by atoms with van der Waals surface area (Å²) in [5.41, 5.74) is 2.37. The summed E-state index contributed by atoms with van der Waals surface area (Å²) in [6.45, 7) is 2.00. The highest BCUT2D eigenvalue weighted by atomic mass is 32.1. The van der Waals surface area contributed by atoms with Crippen molar-refractivity contribution in [3.05, 3.63) is 46.5 Å². The molecule has 2 rings (SSSR count). The van der Waals surface area contributed by atoms with Crippen molar-refractivity contribution in [2.45, 2.75) is 13.3 Å². The maximum absolute atomic E-state index is 3.98. The van der Waals surface area contributed by atoms with E-state index in [4.69, 9.17) is 0 Å². The van der Waals surface area contributed by atoms with Gasteiger partial charge in [0, 0.05) is 6.42 Å². The molecule has 2 nitrogen and oxygen atoms in total. The molecular formula is C10H10N2S. The van der Waals surface area contributed by atoms with E-state index in [1.807, 2.05) is 13.0 Å². The molecule has 0 saturated heterocycles. The van der Waals surface area contributed by atoms with Crippen LogP contribution in [-0.2, 0) is 6.42 Å². The lowest BCUT2D eigenvalue weighted by Crippen LogP contribution is -1.86. The van der Waals surface area contributed by atoms with Crippen molar-refractivity contribution in [1.29, 1.82) is 0 Å². The molecule has 0 spiro atoms. The van der Waals surface area contributed by atoms with Crippen LogP contribution in [-0.4, -0.2) is 9.59 Å². The summed E-state index contributed by atoms with van der Waals surface area (Å²) < 4.78 is 3.91. The molecule has 66 valence electrons. The Morgan fingerprint density at radius 3 is 2.62 bits per heavy atom. The van der Waals surface area contributed by atoms with Crippen LogP contribution in [0.25, 0.3) is 0 Å². The first-order valence-corrected chi connectivity index (χ1v) is 4.95. The molecule has 0 aliphatic rings. The number of hydrogen-bond donors (Lipinski definition) is 0. The van der Waals surface area contributed by atoms with Crippen molar-refractivity contribution in [3.8, 4) is 0 Å². The lowest BCUT2D eigenvalue weighted by Gasteiger charge is -1.97. The van der Waals surface area contributed by atoms with E-state index in [9.17, 15) is 0 Å². The van der Waals surface area contributed by atoms with Gasteiger partial charge in [-0.25, -0.2) is 0 Å². The highest BCUT2D eigenvalue weighted by Crippen LogP contribution is 2.14. The summed E-state index contributed by atoms with van der Waals surface area (Å²) in [5, 5.41) is 3.98. The van der Waals surface area contributed by atoms with E-state index >= 15 is 0 Å². The van der Waals surface area contributed by atoms with Crippen LogP contribution in [0.2, 0.25) is 0 Å². The molecule has 0 aliphatic heterocycles. The topological polar surface area (TPSA) is 25.8 Å². The second-order valence-electron chi connectivity index (χ2n) is 2.94. The van der Waals surface area contributed by atoms with E-state index in [1.54, 1.807) is 0 Å². The van der Waals surface area contributed by atoms with E-state index in [1.165, 1.54) is 22.0 Å². The maximum atomic E-state index is 3.98. The number of nitrogens with zero attached hydrogens (tertiary/aromatic N) is 2. The molecule has 0 saturated carbocycles. The summed E-state index contributed by atoms with van der Waals surface area (Å²) in [5.74, 6) is 0. The van der Waals surface area contributed by atoms with Crippen molar-refractivity contribution in [3.63, 3.8) is 0 Å². The number of aromatic nitrogens is 2. The van der Waals surface area contributed by atoms with Gasteiger partial charge >= 0.3 is 0 Å². The first-order chi connectivity index (χ1) is 6.36. The lowest BCUT2D eigenvalue weighted by atomic mass is 10.1. The largest absolute Gasteiger partial charge is 0.143 e. The van der Waals surface area contributed by atoms with Gasteiger partial charge in [-0.05, 0) is 24.0 Å². The SMILES string of the molecule is Cc1nnsc1Cc1ccccc1. The smallest absolute Gasteiger partial charge is 0.0760 e. The van der Waals surface area contributed by atoms with Gasteiger partial charge in [-0.15, -0.1) is 5.10 Å². The summed E-state index contributed by atoms with van der Waals surface area (Å²) in [6.07, 6.45) is 0.949. The van der Waals surface area contributed by atoms with Crippen LogP contribution in [0, 0.1) is 6.92 Å². The minimum atomic E-state index is 0.949. The van der Waals surface area contributed by atoms with Gasteiger partial charge in [-0.2, -0.15) is 0 Å². The number of rotatable bonds is 2. The normalized spacial score (nSPS) is 10.2. The number of benzene rings is 1. The third-order valence-corrected chi connectivity index (χ3v) is 2.78. The predicted molar refractivity (Wildman–Crippen MR) is 53.9 cm³/mol. The van der Waals surface area contributed by atoms with Gasteiger partial charge in [0.2, 0.25) is 0 Å². The standard InChI is InChI=1S/C10H10N2S/c1-8-10(13-12-11-8)7-9-5-3-2-4-6-9/h2-6H,7H2,1H3. The zero-order valence-corrected chi connectivity index (χ0v) is 8.21. The first kappa shape index (κ1) is 8.38. The zero-order chi connectivity index (χ0) is 9.10. The number of aryl methyl sites for hydroxylation is 1. The Hall–Kier alpha value is -1.22. The summed E-state index contributed by atoms with van der Waals surface area (Å²) >= 11 is 1.48. The zero-order valence-electron chi connectivity index (χ0n) is 7.40. The van der Waals surface area contributed by atoms with Gasteiger partial charge < -0.3 is 0 Å². The van der Waals surface area contributed by atoms with E-state index in [2.05, 4.69) is 33.9 Å². The predicted octanol–water partition coefficient (Wildman–Crippen LogP) is 2.44. The van der Waals surface area contributed by atoms with Crippen molar-refractivity contribution in [2.75, 3.05) is 0 Å². The highest BCUT2D eigenvalue weighted by molar-refractivity contribution is 7.05. The van der Waals surface area contributed by atoms with Crippen LogP contribution in [0.1, 0.15) is 16.1 Å². The van der Waals surface area contributed by atoms with E-state index in [-0.39, 0.29) is 0 Å². The fourth-order valence-electron chi connectivity index (χ4n) is 1.19. The van der Waals surface area contributed by atoms with Crippen LogP contribution in [0.3, 0.4) is 0 Å². The van der Waals surface area contributed by atoms with Gasteiger partial charge in [0.05, 0.1) is 10.6 Å². The molecule has 0 fully saturated rings. The molecule has 2 aromatic rings. The quantitative estimate of drug-likeness (QED) is 0.727. The second kappa shape index (κ2) is 3.66. The molecule has 0 N–H and O–H groups in total. The molecule has 3 heteroatoms. The molecule has 0 radical (unpaired) electrons. The molecule has 0 bridgehead atoms. The number of hydrogen-bond acceptors (Lipinski definition) is 3. The average Bonchev–Trinajstić information content (AvgIpc) is 2.54. The lowest BCUT2D eigenvalue weighted by molar-refractivity contribution is 1.06. The Bertz CT molecular complexity index is 381. The molecule has 1 heterocycles. The van der Waals surface area contributed by atoms with Crippen LogP contribution in [0.4, 0.5) is 0 Å². The summed E-state index contributed by atoms with van der Waals surface area (Å²) in [7, 11) is 0. The Kier molecular flexibility index (Phi) is 2.36. The van der Waals surface area contributed by atoms with Gasteiger partial charge in [0.25, 0.3) is 0 Å². The third kappa shape index (κ3) is 1.92. The van der Waals surface area contributed by atoms with Crippen molar-refractivity contribution in [2.24, 2.45) is 0 Å². The van der Waals surface area contributed by atoms with Crippen molar-refractivity contribution >= 4 is 11.5 Å². The van der Waals surface area contributed by atoms with Crippen LogP contribution in [0.5, 0.6) is 0 Å². The van der Waals surface area contributed by atoms with E-state index in [0.29, 0.717) is 0 Å². The van der Waals surface area contributed by atoms with Gasteiger partial charge in [0.15, 0.2) is 0 Å². The Morgan fingerprint density at radius 1 is 1.23 bits per heavy atom. The highest BCUT2D eigenvalue weighted by Gasteiger charge is 2.02.